The van der Waals surface area contributed by atoms with E-state index in [-0.39, 0.29) is 5.41 Å². The summed E-state index contributed by atoms with van der Waals surface area (Å²) in [6.07, 6.45) is 7.96. The van der Waals surface area contributed by atoms with Crippen LogP contribution in [-0.4, -0.2) is 17.5 Å². The van der Waals surface area contributed by atoms with Gasteiger partial charge in [-0.25, -0.2) is 0 Å². The number of carbonyl (C=O) groups is 1. The quantitative estimate of drug-likeness (QED) is 0.741. The van der Waals surface area contributed by atoms with Crippen molar-refractivity contribution in [3.63, 3.8) is 0 Å². The van der Waals surface area contributed by atoms with Gasteiger partial charge < -0.3 is 19.4 Å². The van der Waals surface area contributed by atoms with E-state index in [1.54, 1.807) is 0 Å². The average Bonchev–Trinajstić information content (AvgIpc) is 3.14. The number of hydrogen-bond donors (Lipinski definition) is 0. The van der Waals surface area contributed by atoms with Gasteiger partial charge in [0.15, 0.2) is 0 Å². The molecule has 0 N–H and O–H groups in total. The lowest BCUT2D eigenvalue weighted by molar-refractivity contribution is -0.328. The maximum atomic E-state index is 12.1. The minimum atomic E-state index is -0.901. The van der Waals surface area contributed by atoms with Crippen LogP contribution < -0.4 is 5.11 Å². The van der Waals surface area contributed by atoms with E-state index in [0.29, 0.717) is 18.8 Å². The van der Waals surface area contributed by atoms with Crippen molar-refractivity contribution in [2.75, 3.05) is 0 Å². The van der Waals surface area contributed by atoms with Crippen LogP contribution in [0.4, 0.5) is 0 Å². The Morgan fingerprint density at radius 1 is 1.10 bits per heavy atom. The number of aliphatic carboxylic acids is 1. The van der Waals surface area contributed by atoms with Crippen LogP contribution in [-0.2, 0) is 14.3 Å². The molecular weight excluding hydrogens is 256 g/mol. The summed E-state index contributed by atoms with van der Waals surface area (Å²) in [7, 11) is 0. The fraction of sp³-hybridized carbons (Fsp3) is 0.938. The van der Waals surface area contributed by atoms with Crippen molar-refractivity contribution >= 4 is 5.97 Å². The summed E-state index contributed by atoms with van der Waals surface area (Å²) in [5, 5.41) is 12.1. The van der Waals surface area contributed by atoms with Crippen molar-refractivity contribution < 1.29 is 19.4 Å². The Balaban J connectivity index is 1.63. The van der Waals surface area contributed by atoms with Crippen molar-refractivity contribution in [3.05, 3.63) is 0 Å². The van der Waals surface area contributed by atoms with Crippen LogP contribution in [0.3, 0.4) is 0 Å². The van der Waals surface area contributed by atoms with Gasteiger partial charge in [-0.05, 0) is 17.8 Å². The highest BCUT2D eigenvalue weighted by molar-refractivity contribution is 5.75. The Labute approximate surface area is 119 Å². The van der Waals surface area contributed by atoms with Gasteiger partial charge in [0.1, 0.15) is 0 Å². The predicted molar refractivity (Wildman–Crippen MR) is 69.3 cm³/mol. The highest BCUT2D eigenvalue weighted by Crippen LogP contribution is 2.80. The molecule has 4 heteroatoms. The van der Waals surface area contributed by atoms with Crippen LogP contribution in [0.15, 0.2) is 0 Å². The number of carbonyl (C=O) groups excluding carboxylic acids is 1. The number of epoxide rings is 2. The first-order valence-corrected chi connectivity index (χ1v) is 7.97. The van der Waals surface area contributed by atoms with Crippen molar-refractivity contribution in [2.24, 2.45) is 16.7 Å². The molecule has 2 heterocycles. The first kappa shape index (κ1) is 13.1. The van der Waals surface area contributed by atoms with E-state index in [1.807, 2.05) is 13.8 Å². The molecule has 1 unspecified atom stereocenters. The zero-order valence-corrected chi connectivity index (χ0v) is 12.4. The Bertz CT molecular complexity index is 457. The van der Waals surface area contributed by atoms with E-state index in [1.165, 1.54) is 19.3 Å². The maximum Gasteiger partial charge on any atom is 0.230 e. The zero-order valence-electron chi connectivity index (χ0n) is 12.4. The summed E-state index contributed by atoms with van der Waals surface area (Å²) in [5.74, 6) is -1.37. The molecule has 4 nitrogen and oxygen atoms in total. The Morgan fingerprint density at radius 3 is 2.30 bits per heavy atom. The van der Waals surface area contributed by atoms with Gasteiger partial charge in [0, 0.05) is 24.2 Å². The van der Waals surface area contributed by atoms with E-state index < -0.39 is 23.0 Å². The van der Waals surface area contributed by atoms with Gasteiger partial charge >= 0.3 is 0 Å². The molecule has 1 atom stereocenters. The number of rotatable bonds is 3. The van der Waals surface area contributed by atoms with E-state index in [9.17, 15) is 9.90 Å². The normalized spacial score (nSPS) is 49.1. The lowest BCUT2D eigenvalue weighted by atomic mass is 9.54. The molecule has 2 saturated heterocycles. The van der Waals surface area contributed by atoms with Crippen LogP contribution in [0.25, 0.3) is 0 Å². The molecule has 2 aliphatic heterocycles. The van der Waals surface area contributed by atoms with Crippen molar-refractivity contribution in [1.82, 2.24) is 0 Å². The van der Waals surface area contributed by atoms with Crippen LogP contribution in [0, 0.1) is 16.7 Å². The summed E-state index contributed by atoms with van der Waals surface area (Å²) < 4.78 is 11.3. The predicted octanol–water partition coefficient (Wildman–Crippen LogP) is 1.97. The average molecular weight is 279 g/mol. The van der Waals surface area contributed by atoms with Gasteiger partial charge in [0.05, 0.1) is 0 Å². The Morgan fingerprint density at radius 2 is 1.70 bits per heavy atom. The maximum absolute atomic E-state index is 12.1. The second-order valence-corrected chi connectivity index (χ2v) is 8.03. The molecule has 0 spiro atoms. The monoisotopic (exact) mass is 279 g/mol. The molecule has 0 aromatic heterocycles. The molecule has 4 aliphatic rings. The van der Waals surface area contributed by atoms with Crippen LogP contribution in [0.2, 0.25) is 0 Å². The first-order valence-electron chi connectivity index (χ1n) is 7.97. The molecule has 4 rings (SSSR count). The second-order valence-electron chi connectivity index (χ2n) is 8.03. The lowest BCUT2D eigenvalue weighted by Crippen LogP contribution is -2.55. The van der Waals surface area contributed by atoms with Crippen molar-refractivity contribution in [3.8, 4) is 0 Å². The SMILES string of the molecule is CC1(C)CC23OC2(CC1(CC1CCCCC1)C(=O)[O-])O3. The summed E-state index contributed by atoms with van der Waals surface area (Å²) in [6, 6.07) is 0. The number of hydrogen-bond acceptors (Lipinski definition) is 4. The second kappa shape index (κ2) is 3.58. The van der Waals surface area contributed by atoms with Crippen LogP contribution >= 0.6 is 0 Å². The van der Waals surface area contributed by atoms with E-state index in [4.69, 9.17) is 9.47 Å². The van der Waals surface area contributed by atoms with Gasteiger partial charge in [0.2, 0.25) is 11.6 Å². The molecule has 2 saturated carbocycles. The summed E-state index contributed by atoms with van der Waals surface area (Å²) in [4.78, 5) is 12.1. The third-order valence-electron chi connectivity index (χ3n) is 6.41. The number of carboxylic acids is 1. The summed E-state index contributed by atoms with van der Waals surface area (Å²) in [5.41, 5.74) is -1.13. The highest BCUT2D eigenvalue weighted by Gasteiger charge is 2.95. The molecule has 112 valence electrons. The fourth-order valence-corrected chi connectivity index (χ4v) is 4.95. The largest absolute Gasteiger partial charge is 0.550 e. The number of ether oxygens (including phenoxy) is 2. The molecule has 0 aromatic carbocycles. The smallest absolute Gasteiger partial charge is 0.230 e. The van der Waals surface area contributed by atoms with E-state index in [0.717, 1.165) is 19.3 Å². The molecule has 0 bridgehead atoms. The third kappa shape index (κ3) is 1.47. The number of carboxylic acid groups (broad SMARTS) is 1. The standard InChI is InChI=1S/C16H24O4/c1-13(2)9-15-16(19-15,20-15)10-14(13,12(17)18)8-11-6-4-3-5-7-11/h11H,3-10H2,1-2H3,(H,17,18)/p-1. The van der Waals surface area contributed by atoms with Crippen molar-refractivity contribution in [2.45, 2.75) is 76.8 Å². The molecule has 0 amide bonds. The minimum Gasteiger partial charge on any atom is -0.550 e. The van der Waals surface area contributed by atoms with Gasteiger partial charge in [-0.1, -0.05) is 46.0 Å². The molecular formula is C16H23O4-. The van der Waals surface area contributed by atoms with Gasteiger partial charge in [-0.2, -0.15) is 0 Å². The lowest BCUT2D eigenvalue weighted by Gasteiger charge is -2.50. The zero-order chi connectivity index (χ0) is 14.2. The van der Waals surface area contributed by atoms with Gasteiger partial charge in [-0.3, -0.25) is 0 Å². The molecule has 20 heavy (non-hydrogen) atoms. The molecule has 2 aliphatic carbocycles. The molecule has 4 fully saturated rings. The topological polar surface area (TPSA) is 65.2 Å². The summed E-state index contributed by atoms with van der Waals surface area (Å²) >= 11 is 0. The van der Waals surface area contributed by atoms with Crippen LogP contribution in [0.1, 0.15) is 65.2 Å². The highest BCUT2D eigenvalue weighted by atomic mass is 17.0. The Kier molecular flexibility index (Phi) is 2.34. The fourth-order valence-electron chi connectivity index (χ4n) is 4.95. The van der Waals surface area contributed by atoms with Crippen LogP contribution in [0.5, 0.6) is 0 Å². The van der Waals surface area contributed by atoms with E-state index in [2.05, 4.69) is 0 Å². The minimum absolute atomic E-state index is 0.334. The third-order valence-corrected chi connectivity index (χ3v) is 6.41. The summed E-state index contributed by atoms with van der Waals surface area (Å²) in [6.45, 7) is 4.10. The molecule has 0 aromatic rings. The first-order chi connectivity index (χ1) is 9.35. The Hall–Kier alpha value is -0.610. The van der Waals surface area contributed by atoms with Gasteiger partial charge in [0.25, 0.3) is 0 Å². The van der Waals surface area contributed by atoms with Crippen molar-refractivity contribution in [1.29, 1.82) is 0 Å². The van der Waals surface area contributed by atoms with E-state index >= 15 is 0 Å². The molecule has 0 radical (unpaired) electrons. The van der Waals surface area contributed by atoms with Gasteiger partial charge in [-0.15, -0.1) is 0 Å².